The van der Waals surface area contributed by atoms with Gasteiger partial charge in [-0.1, -0.05) is 24.3 Å². The first-order valence-corrected chi connectivity index (χ1v) is 7.38. The van der Waals surface area contributed by atoms with Gasteiger partial charge in [-0.3, -0.25) is 14.9 Å². The standard InChI is InChI=1S/C15H14N2O2S/c1-9-4-2-3-5-10(9)14-11(12-7-20-8-16-12)6-13(18)17-15(14)19/h2-5,7-8,11,14H,6H2,1H3,(H,17,18,19). The highest BCUT2D eigenvalue weighted by molar-refractivity contribution is 7.07. The normalized spacial score (nSPS) is 22.6. The summed E-state index contributed by atoms with van der Waals surface area (Å²) in [4.78, 5) is 28.3. The minimum atomic E-state index is -0.351. The molecule has 0 aliphatic carbocycles. The number of aryl methyl sites for hydroxylation is 1. The summed E-state index contributed by atoms with van der Waals surface area (Å²) in [5, 5.41) is 4.36. The molecule has 0 bridgehead atoms. The lowest BCUT2D eigenvalue weighted by molar-refractivity contribution is -0.135. The number of thiazole rings is 1. The van der Waals surface area contributed by atoms with E-state index in [-0.39, 0.29) is 23.7 Å². The fraction of sp³-hybridized carbons (Fsp3) is 0.267. The molecule has 1 fully saturated rings. The maximum atomic E-state index is 12.3. The summed E-state index contributed by atoms with van der Waals surface area (Å²) in [6.45, 7) is 1.98. The number of piperidine rings is 1. The number of nitrogens with zero attached hydrogens (tertiary/aromatic N) is 1. The Bertz CT molecular complexity index is 652. The van der Waals surface area contributed by atoms with E-state index < -0.39 is 0 Å². The first-order chi connectivity index (χ1) is 9.66. The lowest BCUT2D eigenvalue weighted by Gasteiger charge is -2.30. The Morgan fingerprint density at radius 3 is 2.80 bits per heavy atom. The Kier molecular flexibility index (Phi) is 3.36. The number of amides is 2. The number of aromatic nitrogens is 1. The third-order valence-corrected chi connectivity index (χ3v) is 4.31. The minimum Gasteiger partial charge on any atom is -0.296 e. The number of hydrogen-bond acceptors (Lipinski definition) is 4. The third-order valence-electron chi connectivity index (χ3n) is 3.71. The number of imide groups is 1. The van der Waals surface area contributed by atoms with Crippen LogP contribution in [0.2, 0.25) is 0 Å². The first kappa shape index (κ1) is 13.0. The molecule has 1 aromatic carbocycles. The largest absolute Gasteiger partial charge is 0.296 e. The molecular formula is C15H14N2O2S. The molecule has 20 heavy (non-hydrogen) atoms. The zero-order chi connectivity index (χ0) is 14.1. The molecule has 1 aliphatic rings. The van der Waals surface area contributed by atoms with Crippen LogP contribution in [-0.4, -0.2) is 16.8 Å². The topological polar surface area (TPSA) is 59.1 Å². The molecule has 0 radical (unpaired) electrons. The minimum absolute atomic E-state index is 0.177. The lowest BCUT2D eigenvalue weighted by Crippen LogP contribution is -2.43. The van der Waals surface area contributed by atoms with E-state index in [1.165, 1.54) is 11.3 Å². The molecule has 2 aromatic rings. The van der Waals surface area contributed by atoms with Crippen LogP contribution in [0.1, 0.15) is 35.1 Å². The number of hydrogen-bond donors (Lipinski definition) is 1. The fourth-order valence-corrected chi connectivity index (χ4v) is 3.36. The van der Waals surface area contributed by atoms with E-state index in [1.54, 1.807) is 5.51 Å². The number of carbonyl (C=O) groups is 2. The molecule has 1 aliphatic heterocycles. The van der Waals surface area contributed by atoms with Crippen molar-refractivity contribution >= 4 is 23.2 Å². The van der Waals surface area contributed by atoms with Crippen molar-refractivity contribution in [3.05, 3.63) is 52.0 Å². The number of rotatable bonds is 2. The number of benzene rings is 1. The molecule has 4 nitrogen and oxygen atoms in total. The smallest absolute Gasteiger partial charge is 0.234 e. The van der Waals surface area contributed by atoms with Gasteiger partial charge in [0.15, 0.2) is 0 Å². The van der Waals surface area contributed by atoms with Gasteiger partial charge in [-0.05, 0) is 18.1 Å². The van der Waals surface area contributed by atoms with E-state index in [1.807, 2.05) is 36.6 Å². The van der Waals surface area contributed by atoms with Gasteiger partial charge in [0.2, 0.25) is 11.8 Å². The number of nitrogens with one attached hydrogen (secondary N) is 1. The molecule has 2 atom stereocenters. The highest BCUT2D eigenvalue weighted by Crippen LogP contribution is 2.39. The lowest BCUT2D eigenvalue weighted by atomic mass is 9.77. The molecule has 2 unspecified atom stereocenters. The average molecular weight is 286 g/mol. The van der Waals surface area contributed by atoms with Gasteiger partial charge in [0, 0.05) is 17.7 Å². The van der Waals surface area contributed by atoms with Gasteiger partial charge in [0.05, 0.1) is 17.1 Å². The van der Waals surface area contributed by atoms with Gasteiger partial charge >= 0.3 is 0 Å². The van der Waals surface area contributed by atoms with Crippen LogP contribution < -0.4 is 5.32 Å². The molecule has 5 heteroatoms. The van der Waals surface area contributed by atoms with E-state index in [0.717, 1.165) is 16.8 Å². The number of carbonyl (C=O) groups excluding carboxylic acids is 2. The van der Waals surface area contributed by atoms with Crippen molar-refractivity contribution in [2.45, 2.75) is 25.2 Å². The summed E-state index contributed by atoms with van der Waals surface area (Å²) in [6.07, 6.45) is 0.300. The van der Waals surface area contributed by atoms with Crippen LogP contribution >= 0.6 is 11.3 Å². The maximum Gasteiger partial charge on any atom is 0.234 e. The van der Waals surface area contributed by atoms with Crippen LogP contribution in [-0.2, 0) is 9.59 Å². The Morgan fingerprint density at radius 2 is 2.10 bits per heavy atom. The van der Waals surface area contributed by atoms with Crippen molar-refractivity contribution in [1.82, 2.24) is 10.3 Å². The van der Waals surface area contributed by atoms with E-state index in [2.05, 4.69) is 10.3 Å². The van der Waals surface area contributed by atoms with E-state index in [4.69, 9.17) is 0 Å². The summed E-state index contributed by atoms with van der Waals surface area (Å²) in [7, 11) is 0. The van der Waals surface area contributed by atoms with Crippen LogP contribution in [0.4, 0.5) is 0 Å². The van der Waals surface area contributed by atoms with Gasteiger partial charge in [0.25, 0.3) is 0 Å². The van der Waals surface area contributed by atoms with Gasteiger partial charge in [-0.15, -0.1) is 11.3 Å². The zero-order valence-electron chi connectivity index (χ0n) is 11.0. The third kappa shape index (κ3) is 2.25. The fourth-order valence-electron chi connectivity index (χ4n) is 2.74. The average Bonchev–Trinajstić information content (AvgIpc) is 2.93. The van der Waals surface area contributed by atoms with Gasteiger partial charge in [-0.2, -0.15) is 0 Å². The van der Waals surface area contributed by atoms with Crippen molar-refractivity contribution < 1.29 is 9.59 Å². The van der Waals surface area contributed by atoms with Gasteiger partial charge in [0.1, 0.15) is 0 Å². The quantitative estimate of drug-likeness (QED) is 0.862. The molecule has 0 saturated carbocycles. The Morgan fingerprint density at radius 1 is 1.30 bits per heavy atom. The van der Waals surface area contributed by atoms with Crippen molar-refractivity contribution in [3.8, 4) is 0 Å². The zero-order valence-corrected chi connectivity index (χ0v) is 11.8. The monoisotopic (exact) mass is 286 g/mol. The summed E-state index contributed by atoms with van der Waals surface area (Å²) >= 11 is 1.48. The summed E-state index contributed by atoms with van der Waals surface area (Å²) in [6, 6.07) is 7.80. The molecule has 2 amide bonds. The Labute approximate surface area is 120 Å². The molecule has 3 rings (SSSR count). The predicted octanol–water partition coefficient (Wildman–Crippen LogP) is 2.37. The Balaban J connectivity index is 2.07. The molecule has 2 heterocycles. The summed E-state index contributed by atoms with van der Waals surface area (Å²) in [5.74, 6) is -0.981. The second-order valence-corrected chi connectivity index (χ2v) is 5.69. The van der Waals surface area contributed by atoms with Crippen LogP contribution in [0.15, 0.2) is 35.2 Å². The van der Waals surface area contributed by atoms with Crippen LogP contribution in [0, 0.1) is 6.92 Å². The molecule has 1 aromatic heterocycles. The van der Waals surface area contributed by atoms with Crippen molar-refractivity contribution in [1.29, 1.82) is 0 Å². The SMILES string of the molecule is Cc1ccccc1C1C(=O)NC(=O)CC1c1cscn1. The second-order valence-electron chi connectivity index (χ2n) is 4.97. The van der Waals surface area contributed by atoms with Crippen LogP contribution in [0.3, 0.4) is 0 Å². The molecule has 102 valence electrons. The molecular weight excluding hydrogens is 272 g/mol. The van der Waals surface area contributed by atoms with Crippen molar-refractivity contribution in [2.75, 3.05) is 0 Å². The highest BCUT2D eigenvalue weighted by atomic mass is 32.1. The van der Waals surface area contributed by atoms with Crippen LogP contribution in [0.25, 0.3) is 0 Å². The predicted molar refractivity (Wildman–Crippen MR) is 76.5 cm³/mol. The molecule has 0 spiro atoms. The Hall–Kier alpha value is -2.01. The first-order valence-electron chi connectivity index (χ1n) is 6.44. The van der Waals surface area contributed by atoms with Crippen molar-refractivity contribution in [2.24, 2.45) is 0 Å². The van der Waals surface area contributed by atoms with Gasteiger partial charge < -0.3 is 0 Å². The van der Waals surface area contributed by atoms with E-state index in [9.17, 15) is 9.59 Å². The van der Waals surface area contributed by atoms with Gasteiger partial charge in [-0.25, -0.2) is 4.98 Å². The maximum absolute atomic E-state index is 12.3. The molecule has 1 saturated heterocycles. The summed E-state index contributed by atoms with van der Waals surface area (Å²) in [5.41, 5.74) is 4.59. The summed E-state index contributed by atoms with van der Waals surface area (Å²) < 4.78 is 0. The van der Waals surface area contributed by atoms with Crippen molar-refractivity contribution in [3.63, 3.8) is 0 Å². The highest BCUT2D eigenvalue weighted by Gasteiger charge is 2.39. The van der Waals surface area contributed by atoms with E-state index in [0.29, 0.717) is 6.42 Å². The second kappa shape index (κ2) is 5.17. The molecule has 1 N–H and O–H groups in total. The van der Waals surface area contributed by atoms with E-state index >= 15 is 0 Å². The van der Waals surface area contributed by atoms with Crippen LogP contribution in [0.5, 0.6) is 0 Å².